The van der Waals surface area contributed by atoms with Crippen molar-refractivity contribution in [2.24, 2.45) is 0 Å². The topological polar surface area (TPSA) is 75.3 Å². The summed E-state index contributed by atoms with van der Waals surface area (Å²) >= 11 is 0. The molecule has 1 atom stereocenters. The van der Waals surface area contributed by atoms with Crippen molar-refractivity contribution in [1.82, 2.24) is 10.6 Å². The number of rotatable bonds is 6. The molecule has 0 aromatic heterocycles. The van der Waals surface area contributed by atoms with E-state index in [0.29, 0.717) is 6.54 Å². The fourth-order valence-electron chi connectivity index (χ4n) is 0.815. The predicted molar refractivity (Wildman–Crippen MR) is 55.9 cm³/mol. The molecule has 0 heterocycles. The number of nitrogens with one attached hydrogen (secondary N) is 2. The van der Waals surface area contributed by atoms with E-state index in [1.165, 1.54) is 6.92 Å². The van der Waals surface area contributed by atoms with Crippen LogP contribution in [0.2, 0.25) is 0 Å². The standard InChI is InChI=1S/C8H18N2O3S/c1-7(14(3,12)13)8(11)10-6-4-5-9-2/h7,9H,4-6H2,1-3H3,(H,10,11). The SMILES string of the molecule is CNCCCNC(=O)C(C)S(C)(=O)=O. The number of carbonyl (C=O) groups excluding carboxylic acids is 1. The van der Waals surface area contributed by atoms with E-state index in [9.17, 15) is 13.2 Å². The molecule has 0 bridgehead atoms. The van der Waals surface area contributed by atoms with Gasteiger partial charge in [0.2, 0.25) is 5.91 Å². The molecule has 5 nitrogen and oxygen atoms in total. The van der Waals surface area contributed by atoms with Crippen LogP contribution in [-0.4, -0.2) is 46.0 Å². The average molecular weight is 222 g/mol. The molecule has 1 amide bonds. The van der Waals surface area contributed by atoms with Crippen molar-refractivity contribution in [2.45, 2.75) is 18.6 Å². The Labute approximate surface area is 85.2 Å². The molecule has 0 aromatic carbocycles. The predicted octanol–water partition coefficient (Wildman–Crippen LogP) is -0.855. The highest BCUT2D eigenvalue weighted by atomic mass is 32.2. The first kappa shape index (κ1) is 13.4. The van der Waals surface area contributed by atoms with Gasteiger partial charge in [-0.25, -0.2) is 8.42 Å². The van der Waals surface area contributed by atoms with E-state index < -0.39 is 21.0 Å². The zero-order valence-corrected chi connectivity index (χ0v) is 9.65. The molecular weight excluding hydrogens is 204 g/mol. The van der Waals surface area contributed by atoms with Gasteiger partial charge in [-0.3, -0.25) is 4.79 Å². The van der Waals surface area contributed by atoms with Crippen molar-refractivity contribution in [3.8, 4) is 0 Å². The summed E-state index contributed by atoms with van der Waals surface area (Å²) in [5.41, 5.74) is 0. The van der Waals surface area contributed by atoms with Gasteiger partial charge >= 0.3 is 0 Å². The molecule has 0 spiro atoms. The summed E-state index contributed by atoms with van der Waals surface area (Å²) in [4.78, 5) is 11.2. The van der Waals surface area contributed by atoms with Crippen molar-refractivity contribution in [3.63, 3.8) is 0 Å². The van der Waals surface area contributed by atoms with Crippen molar-refractivity contribution in [3.05, 3.63) is 0 Å². The second-order valence-electron chi connectivity index (χ2n) is 3.22. The lowest BCUT2D eigenvalue weighted by Crippen LogP contribution is -2.38. The molecule has 0 saturated carbocycles. The molecule has 14 heavy (non-hydrogen) atoms. The third-order valence-corrected chi connectivity index (χ3v) is 3.41. The van der Waals surface area contributed by atoms with E-state index in [1.54, 1.807) is 0 Å². The molecule has 0 fully saturated rings. The number of hydrogen-bond donors (Lipinski definition) is 2. The van der Waals surface area contributed by atoms with Gasteiger partial charge in [0.1, 0.15) is 5.25 Å². The lowest BCUT2D eigenvalue weighted by Gasteiger charge is -2.09. The fraction of sp³-hybridized carbons (Fsp3) is 0.875. The van der Waals surface area contributed by atoms with E-state index in [-0.39, 0.29) is 0 Å². The number of sulfone groups is 1. The van der Waals surface area contributed by atoms with Crippen LogP contribution in [0, 0.1) is 0 Å². The van der Waals surface area contributed by atoms with Gasteiger partial charge in [0, 0.05) is 12.8 Å². The monoisotopic (exact) mass is 222 g/mol. The maximum Gasteiger partial charge on any atom is 0.238 e. The van der Waals surface area contributed by atoms with Gasteiger partial charge in [-0.1, -0.05) is 0 Å². The summed E-state index contributed by atoms with van der Waals surface area (Å²) < 4.78 is 22.0. The van der Waals surface area contributed by atoms with Gasteiger partial charge in [0.05, 0.1) is 0 Å². The van der Waals surface area contributed by atoms with E-state index >= 15 is 0 Å². The Balaban J connectivity index is 3.86. The van der Waals surface area contributed by atoms with E-state index in [2.05, 4.69) is 10.6 Å². The van der Waals surface area contributed by atoms with Crippen LogP contribution in [0.1, 0.15) is 13.3 Å². The first-order valence-electron chi connectivity index (χ1n) is 4.50. The van der Waals surface area contributed by atoms with E-state index in [0.717, 1.165) is 19.2 Å². The van der Waals surface area contributed by atoms with Crippen molar-refractivity contribution >= 4 is 15.7 Å². The van der Waals surface area contributed by atoms with Crippen molar-refractivity contribution < 1.29 is 13.2 Å². The smallest absolute Gasteiger partial charge is 0.238 e. The molecule has 1 unspecified atom stereocenters. The third kappa shape index (κ3) is 5.18. The molecule has 0 aliphatic carbocycles. The molecule has 6 heteroatoms. The minimum absolute atomic E-state index is 0.427. The molecule has 0 aliphatic rings. The number of carbonyl (C=O) groups is 1. The van der Waals surface area contributed by atoms with Crippen molar-refractivity contribution in [1.29, 1.82) is 0 Å². The van der Waals surface area contributed by atoms with Crippen LogP contribution in [-0.2, 0) is 14.6 Å². The number of amides is 1. The minimum atomic E-state index is -3.27. The molecule has 2 N–H and O–H groups in total. The first-order valence-corrected chi connectivity index (χ1v) is 6.46. The van der Waals surface area contributed by atoms with E-state index in [4.69, 9.17) is 0 Å². The van der Waals surface area contributed by atoms with Gasteiger partial charge in [0.15, 0.2) is 9.84 Å². The highest BCUT2D eigenvalue weighted by Crippen LogP contribution is 1.97. The average Bonchev–Trinajstić information content (AvgIpc) is 2.09. The third-order valence-electron chi connectivity index (χ3n) is 1.91. The van der Waals surface area contributed by atoms with Crippen LogP contribution in [0.25, 0.3) is 0 Å². The minimum Gasteiger partial charge on any atom is -0.355 e. The first-order chi connectivity index (χ1) is 6.39. The Morgan fingerprint density at radius 2 is 1.93 bits per heavy atom. The van der Waals surface area contributed by atoms with Crippen LogP contribution in [0.3, 0.4) is 0 Å². The van der Waals surface area contributed by atoms with Gasteiger partial charge < -0.3 is 10.6 Å². The van der Waals surface area contributed by atoms with Crippen molar-refractivity contribution in [2.75, 3.05) is 26.4 Å². The lowest BCUT2D eigenvalue weighted by molar-refractivity contribution is -0.120. The highest BCUT2D eigenvalue weighted by Gasteiger charge is 2.22. The summed E-state index contributed by atoms with van der Waals surface area (Å²) in [5.74, 6) is -0.427. The Morgan fingerprint density at radius 3 is 2.36 bits per heavy atom. The zero-order chi connectivity index (χ0) is 11.2. The molecule has 0 aromatic rings. The Morgan fingerprint density at radius 1 is 1.36 bits per heavy atom. The largest absolute Gasteiger partial charge is 0.355 e. The molecule has 0 rings (SSSR count). The quantitative estimate of drug-likeness (QED) is 0.574. The maximum atomic E-state index is 11.2. The maximum absolute atomic E-state index is 11.2. The Kier molecular flexibility index (Phi) is 5.71. The lowest BCUT2D eigenvalue weighted by atomic mass is 10.4. The molecular formula is C8H18N2O3S. The molecule has 0 aliphatic heterocycles. The van der Waals surface area contributed by atoms with Crippen LogP contribution in [0.4, 0.5) is 0 Å². The molecule has 0 saturated heterocycles. The van der Waals surface area contributed by atoms with Gasteiger partial charge in [-0.2, -0.15) is 0 Å². The molecule has 0 radical (unpaired) electrons. The second kappa shape index (κ2) is 5.98. The Bertz CT molecular complexity index is 274. The van der Waals surface area contributed by atoms with Crippen LogP contribution in [0.5, 0.6) is 0 Å². The Hall–Kier alpha value is -0.620. The summed E-state index contributed by atoms with van der Waals surface area (Å²) in [6.07, 6.45) is 1.85. The highest BCUT2D eigenvalue weighted by molar-refractivity contribution is 7.92. The summed E-state index contributed by atoms with van der Waals surface area (Å²) in [5, 5.41) is 4.54. The van der Waals surface area contributed by atoms with Crippen LogP contribution in [0.15, 0.2) is 0 Å². The van der Waals surface area contributed by atoms with Gasteiger partial charge in [-0.05, 0) is 26.9 Å². The number of hydrogen-bond acceptors (Lipinski definition) is 4. The van der Waals surface area contributed by atoms with Gasteiger partial charge in [-0.15, -0.1) is 0 Å². The fourth-order valence-corrected chi connectivity index (χ4v) is 1.29. The molecule has 84 valence electrons. The zero-order valence-electron chi connectivity index (χ0n) is 8.83. The normalized spacial score (nSPS) is 13.6. The summed E-state index contributed by atoms with van der Waals surface area (Å²) in [6.45, 7) is 2.69. The van der Waals surface area contributed by atoms with Crippen LogP contribution >= 0.6 is 0 Å². The van der Waals surface area contributed by atoms with E-state index in [1.807, 2.05) is 7.05 Å². The van der Waals surface area contributed by atoms with Crippen LogP contribution < -0.4 is 10.6 Å². The summed E-state index contributed by atoms with van der Waals surface area (Å²) in [7, 11) is -1.45. The second-order valence-corrected chi connectivity index (χ2v) is 5.59. The van der Waals surface area contributed by atoms with Gasteiger partial charge in [0.25, 0.3) is 0 Å². The summed E-state index contributed by atoms with van der Waals surface area (Å²) in [6, 6.07) is 0.